The molecule has 30 heavy (non-hydrogen) atoms. The average Bonchev–Trinajstić information content (AvgIpc) is 3.13. The largest absolute Gasteiger partial charge is 0.457 e. The molecule has 0 N–H and O–H groups in total. The molecule has 2 heterocycles. The van der Waals surface area contributed by atoms with Crippen molar-refractivity contribution >= 4 is 21.5 Å². The van der Waals surface area contributed by atoms with Gasteiger partial charge in [0.1, 0.15) is 11.5 Å². The van der Waals surface area contributed by atoms with Crippen molar-refractivity contribution in [1.29, 1.82) is 0 Å². The third-order valence-electron chi connectivity index (χ3n) is 5.17. The van der Waals surface area contributed by atoms with Crippen molar-refractivity contribution in [1.82, 2.24) is 9.13 Å². The van der Waals surface area contributed by atoms with Crippen LogP contribution in [0.3, 0.4) is 0 Å². The van der Waals surface area contributed by atoms with Crippen LogP contribution in [0.5, 0.6) is 11.5 Å². The molecule has 0 bridgehead atoms. The van der Waals surface area contributed by atoms with Gasteiger partial charge < -0.3 is 4.74 Å². The number of hydrogen-bond acceptors (Lipinski definition) is 5. The van der Waals surface area contributed by atoms with Gasteiger partial charge in [0, 0.05) is 7.05 Å². The molecule has 0 radical (unpaired) electrons. The number of ether oxygens (including phenoxy) is 1. The van der Waals surface area contributed by atoms with Crippen molar-refractivity contribution in [3.05, 3.63) is 108 Å². The quantitative estimate of drug-likeness (QED) is 0.465. The predicted octanol–water partition coefficient (Wildman–Crippen LogP) is 2.23. The van der Waals surface area contributed by atoms with Gasteiger partial charge in [-0.3, -0.25) is 23.7 Å². The van der Waals surface area contributed by atoms with Gasteiger partial charge in [-0.15, -0.1) is 0 Å². The molecule has 0 aliphatic heterocycles. The third kappa shape index (κ3) is 2.52. The number of fused-ring (bicyclic) bond motifs is 2. The van der Waals surface area contributed by atoms with E-state index in [0.29, 0.717) is 17.2 Å². The van der Waals surface area contributed by atoms with Crippen LogP contribution in [0.25, 0.3) is 27.2 Å². The van der Waals surface area contributed by atoms with Gasteiger partial charge >= 0.3 is 0 Å². The van der Waals surface area contributed by atoms with Crippen LogP contribution in [0.4, 0.5) is 0 Å². The van der Waals surface area contributed by atoms with Gasteiger partial charge in [-0.2, -0.15) is 0 Å². The molecule has 0 atom stereocenters. The molecule has 7 heteroatoms. The molecule has 0 spiro atoms. The molecule has 7 nitrogen and oxygen atoms in total. The number of para-hydroxylation sites is 1. The van der Waals surface area contributed by atoms with Crippen LogP contribution in [-0.2, 0) is 7.05 Å². The molecule has 0 unspecified atom stereocenters. The maximum absolute atomic E-state index is 12.9. The Morgan fingerprint density at radius 3 is 1.60 bits per heavy atom. The van der Waals surface area contributed by atoms with Crippen LogP contribution < -0.4 is 27.0 Å². The molecule has 0 saturated carbocycles. The summed E-state index contributed by atoms with van der Waals surface area (Å²) in [5, 5.41) is 0.492. The van der Waals surface area contributed by atoms with E-state index >= 15 is 0 Å². The topological polar surface area (TPSA) is 87.4 Å². The van der Waals surface area contributed by atoms with E-state index in [9.17, 15) is 19.2 Å². The Morgan fingerprint density at radius 2 is 1.07 bits per heavy atom. The molecule has 0 amide bonds. The highest BCUT2D eigenvalue weighted by Crippen LogP contribution is 2.22. The summed E-state index contributed by atoms with van der Waals surface area (Å²) in [5.74, 6) is 1.22. The first-order valence-corrected chi connectivity index (χ1v) is 9.18. The maximum atomic E-state index is 12.9. The van der Waals surface area contributed by atoms with Gasteiger partial charge in [0.15, 0.2) is 0 Å². The van der Waals surface area contributed by atoms with Gasteiger partial charge in [0.25, 0.3) is 22.2 Å². The van der Waals surface area contributed by atoms with E-state index in [1.807, 2.05) is 30.3 Å². The zero-order chi connectivity index (χ0) is 21.0. The second-order valence-corrected chi connectivity index (χ2v) is 6.97. The molecule has 5 aromatic rings. The highest BCUT2D eigenvalue weighted by Gasteiger charge is 2.19. The van der Waals surface area contributed by atoms with Crippen molar-refractivity contribution in [2.45, 2.75) is 0 Å². The molecule has 0 fully saturated rings. The summed E-state index contributed by atoms with van der Waals surface area (Å²) in [4.78, 5) is 50.3. The lowest BCUT2D eigenvalue weighted by atomic mass is 10.1. The summed E-state index contributed by atoms with van der Waals surface area (Å²) in [5.41, 5.74) is -1.68. The first kappa shape index (κ1) is 17.8. The third-order valence-corrected chi connectivity index (χ3v) is 5.17. The first-order valence-electron chi connectivity index (χ1n) is 9.18. The fraction of sp³-hybridized carbons (Fsp3) is 0.0435. The van der Waals surface area contributed by atoms with Gasteiger partial charge in [-0.1, -0.05) is 18.2 Å². The summed E-state index contributed by atoms with van der Waals surface area (Å²) in [6.45, 7) is 0. The smallest absolute Gasteiger partial charge is 0.266 e. The highest BCUT2D eigenvalue weighted by atomic mass is 16.5. The van der Waals surface area contributed by atoms with Crippen molar-refractivity contribution < 1.29 is 4.74 Å². The minimum Gasteiger partial charge on any atom is -0.457 e. The molecule has 3 aromatic carbocycles. The molecule has 0 aliphatic rings. The van der Waals surface area contributed by atoms with Crippen LogP contribution in [0, 0.1) is 0 Å². The van der Waals surface area contributed by atoms with Gasteiger partial charge in [0.2, 0.25) is 0 Å². The van der Waals surface area contributed by atoms with Crippen LogP contribution in [0.15, 0.2) is 85.9 Å². The summed E-state index contributed by atoms with van der Waals surface area (Å²) < 4.78 is 7.73. The van der Waals surface area contributed by atoms with Gasteiger partial charge in [-0.25, -0.2) is 4.57 Å². The Labute approximate surface area is 168 Å². The number of rotatable bonds is 3. The second kappa shape index (κ2) is 6.38. The van der Waals surface area contributed by atoms with E-state index < -0.39 is 22.2 Å². The van der Waals surface area contributed by atoms with E-state index in [1.54, 1.807) is 24.3 Å². The lowest BCUT2D eigenvalue weighted by Crippen LogP contribution is -2.23. The molecule has 146 valence electrons. The normalized spacial score (nSPS) is 11.4. The number of aromatic nitrogens is 2. The summed E-state index contributed by atoms with van der Waals surface area (Å²) in [6.07, 6.45) is 0. The van der Waals surface area contributed by atoms with Crippen LogP contribution in [0.2, 0.25) is 0 Å². The van der Waals surface area contributed by atoms with E-state index in [4.69, 9.17) is 4.74 Å². The average molecular weight is 398 g/mol. The van der Waals surface area contributed by atoms with Crippen LogP contribution in [-0.4, -0.2) is 9.13 Å². The van der Waals surface area contributed by atoms with E-state index in [1.165, 1.54) is 19.2 Å². The molecule has 0 aliphatic carbocycles. The Bertz CT molecular complexity index is 1560. The SMILES string of the molecule is Cn1c(=O)c2cc3c(=O)n(-c4ccc(Oc5ccccc5)cc4)c(=O)c3cc2c1=O. The first-order chi connectivity index (χ1) is 14.5. The fourth-order valence-electron chi connectivity index (χ4n) is 3.62. The van der Waals surface area contributed by atoms with E-state index in [-0.39, 0.29) is 21.5 Å². The molecular formula is C23H14N2O5. The van der Waals surface area contributed by atoms with Crippen molar-refractivity contribution in [3.63, 3.8) is 0 Å². The Hall–Kier alpha value is -4.26. The zero-order valence-electron chi connectivity index (χ0n) is 15.8. The highest BCUT2D eigenvalue weighted by molar-refractivity contribution is 5.98. The van der Waals surface area contributed by atoms with E-state index in [0.717, 1.165) is 9.13 Å². The zero-order valence-corrected chi connectivity index (χ0v) is 15.8. The lowest BCUT2D eigenvalue weighted by molar-refractivity contribution is 0.482. The van der Waals surface area contributed by atoms with Crippen molar-refractivity contribution in [3.8, 4) is 17.2 Å². The Balaban J connectivity index is 1.64. The summed E-state index contributed by atoms with van der Waals surface area (Å²) in [6, 6.07) is 18.4. The summed E-state index contributed by atoms with van der Waals surface area (Å²) in [7, 11) is 1.37. The molecule has 2 aromatic heterocycles. The molecule has 5 rings (SSSR count). The number of benzene rings is 3. The van der Waals surface area contributed by atoms with Crippen LogP contribution in [0.1, 0.15) is 0 Å². The minimum absolute atomic E-state index is 0.111. The molecule has 0 saturated heterocycles. The lowest BCUT2D eigenvalue weighted by Gasteiger charge is -2.06. The van der Waals surface area contributed by atoms with Gasteiger partial charge in [0.05, 0.1) is 27.2 Å². The van der Waals surface area contributed by atoms with E-state index in [2.05, 4.69) is 0 Å². The predicted molar refractivity (Wildman–Crippen MR) is 114 cm³/mol. The van der Waals surface area contributed by atoms with Crippen molar-refractivity contribution in [2.75, 3.05) is 0 Å². The Morgan fingerprint density at radius 1 is 0.600 bits per heavy atom. The maximum Gasteiger partial charge on any atom is 0.266 e. The monoisotopic (exact) mass is 398 g/mol. The number of nitrogens with zero attached hydrogens (tertiary/aromatic N) is 2. The minimum atomic E-state index is -0.538. The van der Waals surface area contributed by atoms with Crippen molar-refractivity contribution in [2.24, 2.45) is 7.05 Å². The number of hydrogen-bond donors (Lipinski definition) is 0. The van der Waals surface area contributed by atoms with Crippen LogP contribution >= 0.6 is 0 Å². The Kier molecular flexibility index (Phi) is 3.79. The molecular weight excluding hydrogens is 384 g/mol. The summed E-state index contributed by atoms with van der Waals surface area (Å²) >= 11 is 0. The standard InChI is InChI=1S/C23H14N2O5/c1-24-20(26)16-11-18-19(12-17(16)21(24)27)23(29)25(22(18)28)13-7-9-15(10-8-13)30-14-5-3-2-4-6-14/h2-12H,1H3. The second-order valence-electron chi connectivity index (χ2n) is 6.97. The fourth-order valence-corrected chi connectivity index (χ4v) is 3.62. The van der Waals surface area contributed by atoms with Gasteiger partial charge in [-0.05, 0) is 48.5 Å².